The summed E-state index contributed by atoms with van der Waals surface area (Å²) in [6.45, 7) is -0.377. The third kappa shape index (κ3) is 5.83. The van der Waals surface area contributed by atoms with Crippen LogP contribution in [0, 0.1) is 20.2 Å². The number of non-ortho nitro benzene ring substituents is 2. The Bertz CT molecular complexity index is 606. The van der Waals surface area contributed by atoms with Gasteiger partial charge in [-0.25, -0.2) is 4.79 Å². The summed E-state index contributed by atoms with van der Waals surface area (Å²) in [6.07, 6.45) is 2.57. The predicted molar refractivity (Wildman–Crippen MR) is 85.5 cm³/mol. The first-order chi connectivity index (χ1) is 11.4. The Hall–Kier alpha value is -2.69. The summed E-state index contributed by atoms with van der Waals surface area (Å²) in [5, 5.41) is 23.9. The maximum absolute atomic E-state index is 11.9. The summed E-state index contributed by atoms with van der Waals surface area (Å²) in [5.41, 5.74) is -0.834. The lowest BCUT2D eigenvalue weighted by molar-refractivity contribution is -0.394. The molecule has 1 N–H and O–H groups in total. The first kappa shape index (κ1) is 19.4. The normalized spacial score (nSPS) is 11.4. The number of nitrogens with one attached hydrogen (secondary N) is 1. The number of nitro groups is 2. The Balaban J connectivity index is 2.84. The minimum Gasteiger partial charge on any atom is -0.459 e. The Labute approximate surface area is 140 Å². The van der Waals surface area contributed by atoms with Crippen molar-refractivity contribution >= 4 is 35.5 Å². The number of carbonyl (C=O) groups excluding carboxylic acids is 2. The van der Waals surface area contributed by atoms with Crippen LogP contribution in [0.2, 0.25) is 0 Å². The molecule has 1 rings (SSSR count). The lowest BCUT2D eigenvalue weighted by atomic mass is 10.2. The molecule has 0 saturated heterocycles. The van der Waals surface area contributed by atoms with E-state index in [1.54, 1.807) is 0 Å². The molecule has 0 aliphatic carbocycles. The maximum Gasteiger partial charge on any atom is 0.328 e. The number of thioether (sulfide) groups is 1. The van der Waals surface area contributed by atoms with Crippen LogP contribution in [0.15, 0.2) is 18.2 Å². The first-order valence-electron chi connectivity index (χ1n) is 6.67. The van der Waals surface area contributed by atoms with E-state index in [4.69, 9.17) is 4.74 Å². The van der Waals surface area contributed by atoms with Crippen LogP contribution in [0.5, 0.6) is 0 Å². The summed E-state index contributed by atoms with van der Waals surface area (Å²) < 4.78 is 4.99. The lowest BCUT2D eigenvalue weighted by Crippen LogP contribution is -2.37. The van der Waals surface area contributed by atoms with Crippen molar-refractivity contribution in [2.24, 2.45) is 0 Å². The topological polar surface area (TPSA) is 142 Å². The number of esters is 1. The van der Waals surface area contributed by atoms with Gasteiger partial charge in [-0.2, -0.15) is 11.8 Å². The van der Waals surface area contributed by atoms with E-state index < -0.39 is 33.2 Å². The highest BCUT2D eigenvalue weighted by atomic mass is 32.2. The van der Waals surface area contributed by atoms with E-state index in [0.717, 1.165) is 18.2 Å². The second-order valence-electron chi connectivity index (χ2n) is 4.60. The van der Waals surface area contributed by atoms with Crippen LogP contribution in [-0.2, 0) is 20.9 Å². The number of rotatable bonds is 10. The fourth-order valence-corrected chi connectivity index (χ4v) is 2.26. The third-order valence-electron chi connectivity index (χ3n) is 2.93. The molecule has 0 saturated carbocycles. The SMILES string of the molecule is CSCC[C@H](NC=O)C(=O)OCc1cc([N+](=O)[O-])cc([N+](=O)[O-])c1. The van der Waals surface area contributed by atoms with Crippen molar-refractivity contribution in [3.8, 4) is 0 Å². The Kier molecular flexibility index (Phi) is 7.62. The van der Waals surface area contributed by atoms with Crippen LogP contribution in [-0.4, -0.2) is 40.3 Å². The number of carbonyl (C=O) groups is 2. The molecule has 0 aromatic heterocycles. The summed E-state index contributed by atoms with van der Waals surface area (Å²) in [4.78, 5) is 42.5. The fourth-order valence-electron chi connectivity index (χ4n) is 1.79. The van der Waals surface area contributed by atoms with Gasteiger partial charge in [-0.1, -0.05) is 0 Å². The van der Waals surface area contributed by atoms with Gasteiger partial charge in [0, 0.05) is 17.7 Å². The van der Waals surface area contributed by atoms with Crippen molar-refractivity contribution in [1.82, 2.24) is 5.32 Å². The van der Waals surface area contributed by atoms with Gasteiger partial charge >= 0.3 is 5.97 Å². The molecule has 0 bridgehead atoms. The average Bonchev–Trinajstić information content (AvgIpc) is 2.56. The highest BCUT2D eigenvalue weighted by molar-refractivity contribution is 7.98. The second kappa shape index (κ2) is 9.45. The number of hydrogen-bond acceptors (Lipinski definition) is 8. The molecule has 1 aromatic rings. The Morgan fingerprint density at radius 1 is 1.29 bits per heavy atom. The average molecular weight is 357 g/mol. The van der Waals surface area contributed by atoms with Crippen LogP contribution in [0.3, 0.4) is 0 Å². The van der Waals surface area contributed by atoms with Crippen LogP contribution in [0.1, 0.15) is 12.0 Å². The standard InChI is InChI=1S/C13H15N3O7S/c1-24-3-2-12(14-8-17)13(18)23-7-9-4-10(15(19)20)6-11(5-9)16(21)22/h4-6,8,12H,2-3,7H2,1H3,(H,14,17)/t12-/m0/s1. The van der Waals surface area contributed by atoms with Gasteiger partial charge in [0.1, 0.15) is 12.6 Å². The zero-order valence-corrected chi connectivity index (χ0v) is 13.5. The summed E-state index contributed by atoms with van der Waals surface area (Å²) >= 11 is 1.48. The molecule has 0 aliphatic rings. The maximum atomic E-state index is 11.9. The van der Waals surface area contributed by atoms with E-state index in [9.17, 15) is 29.8 Å². The van der Waals surface area contributed by atoms with E-state index in [1.165, 1.54) is 11.8 Å². The molecule has 0 spiro atoms. The van der Waals surface area contributed by atoms with Crippen LogP contribution in [0.25, 0.3) is 0 Å². The van der Waals surface area contributed by atoms with E-state index >= 15 is 0 Å². The van der Waals surface area contributed by atoms with Crippen molar-refractivity contribution in [3.05, 3.63) is 44.0 Å². The molecule has 10 nitrogen and oxygen atoms in total. The van der Waals surface area contributed by atoms with Crippen molar-refractivity contribution in [3.63, 3.8) is 0 Å². The molecule has 1 amide bonds. The molecule has 1 atom stereocenters. The molecule has 11 heteroatoms. The quantitative estimate of drug-likeness (QED) is 0.287. The van der Waals surface area contributed by atoms with Crippen molar-refractivity contribution in [2.45, 2.75) is 19.1 Å². The minimum absolute atomic E-state index is 0.110. The molecule has 0 radical (unpaired) electrons. The lowest BCUT2D eigenvalue weighted by Gasteiger charge is -2.14. The van der Waals surface area contributed by atoms with Gasteiger partial charge in [0.05, 0.1) is 15.9 Å². The number of ether oxygens (including phenoxy) is 1. The number of nitro benzene ring substituents is 2. The van der Waals surface area contributed by atoms with Gasteiger partial charge in [-0.3, -0.25) is 25.0 Å². The van der Waals surface area contributed by atoms with Crippen LogP contribution < -0.4 is 5.32 Å². The number of benzene rings is 1. The van der Waals surface area contributed by atoms with Gasteiger partial charge in [0.25, 0.3) is 11.4 Å². The highest BCUT2D eigenvalue weighted by Crippen LogP contribution is 2.23. The van der Waals surface area contributed by atoms with E-state index in [0.29, 0.717) is 18.6 Å². The van der Waals surface area contributed by atoms with E-state index in [2.05, 4.69) is 5.32 Å². The summed E-state index contributed by atoms with van der Waals surface area (Å²) in [7, 11) is 0. The number of hydrogen-bond donors (Lipinski definition) is 1. The number of amides is 1. The Morgan fingerprint density at radius 3 is 2.33 bits per heavy atom. The fraction of sp³-hybridized carbons (Fsp3) is 0.385. The monoisotopic (exact) mass is 357 g/mol. The molecule has 0 aliphatic heterocycles. The minimum atomic E-state index is -0.844. The highest BCUT2D eigenvalue weighted by Gasteiger charge is 2.21. The molecule has 0 heterocycles. The molecular formula is C13H15N3O7S. The van der Waals surface area contributed by atoms with Crippen molar-refractivity contribution in [2.75, 3.05) is 12.0 Å². The van der Waals surface area contributed by atoms with Crippen LogP contribution >= 0.6 is 11.8 Å². The van der Waals surface area contributed by atoms with Crippen molar-refractivity contribution < 1.29 is 24.2 Å². The first-order valence-corrected chi connectivity index (χ1v) is 8.06. The summed E-state index contributed by atoms with van der Waals surface area (Å²) in [6, 6.07) is 2.15. The predicted octanol–water partition coefficient (Wildman–Crippen LogP) is 1.41. The molecule has 0 unspecified atom stereocenters. The van der Waals surface area contributed by atoms with Crippen LogP contribution in [0.4, 0.5) is 11.4 Å². The Morgan fingerprint density at radius 2 is 1.88 bits per heavy atom. The third-order valence-corrected chi connectivity index (χ3v) is 3.57. The molecule has 0 fully saturated rings. The van der Waals surface area contributed by atoms with Gasteiger partial charge in [0.2, 0.25) is 6.41 Å². The zero-order valence-electron chi connectivity index (χ0n) is 12.7. The van der Waals surface area contributed by atoms with E-state index in [1.807, 2.05) is 6.26 Å². The molecule has 130 valence electrons. The van der Waals surface area contributed by atoms with Gasteiger partial charge in [-0.05, 0) is 18.4 Å². The molecular weight excluding hydrogens is 342 g/mol. The molecule has 24 heavy (non-hydrogen) atoms. The zero-order chi connectivity index (χ0) is 18.1. The smallest absolute Gasteiger partial charge is 0.328 e. The largest absolute Gasteiger partial charge is 0.459 e. The van der Waals surface area contributed by atoms with Gasteiger partial charge in [-0.15, -0.1) is 0 Å². The van der Waals surface area contributed by atoms with Gasteiger partial charge in [0.15, 0.2) is 0 Å². The summed E-state index contributed by atoms with van der Waals surface area (Å²) in [5.74, 6) is -0.103. The molecule has 1 aromatic carbocycles. The second-order valence-corrected chi connectivity index (χ2v) is 5.58. The van der Waals surface area contributed by atoms with E-state index in [-0.39, 0.29) is 12.2 Å². The van der Waals surface area contributed by atoms with Gasteiger partial charge < -0.3 is 10.1 Å². The number of nitrogens with zero attached hydrogens (tertiary/aromatic N) is 2. The van der Waals surface area contributed by atoms with Crippen molar-refractivity contribution in [1.29, 1.82) is 0 Å².